The Bertz CT molecular complexity index is 1530. The third kappa shape index (κ3) is 4.94. The molecule has 0 saturated carbocycles. The van der Waals surface area contributed by atoms with Crippen molar-refractivity contribution < 1.29 is 14.4 Å². The fraction of sp³-hybridized carbons (Fsp3) is 0.138. The Hall–Kier alpha value is -5.05. The van der Waals surface area contributed by atoms with Crippen molar-refractivity contribution in [3.8, 4) is 11.4 Å². The van der Waals surface area contributed by atoms with Gasteiger partial charge < -0.3 is 20.4 Å². The summed E-state index contributed by atoms with van der Waals surface area (Å²) in [6.45, 7) is 2.32. The van der Waals surface area contributed by atoms with Crippen molar-refractivity contribution >= 4 is 35.0 Å². The molecule has 1 aliphatic heterocycles. The maximum absolute atomic E-state index is 13.4. The Morgan fingerprint density at radius 3 is 2.32 bits per heavy atom. The third-order valence-corrected chi connectivity index (χ3v) is 6.27. The maximum atomic E-state index is 13.4. The standard InChI is InChI=1S/C29H26N6O3/c1-20(37)30-14-15-31-26-23-18-24(32-27(23)34-25(33-26)21-8-4-2-5-9-21)28(38)35-16-12-29(19-36,13-17-35)22-10-6-3-7-11-22/h2-13,16-19H,14-15H2,1H3,(H,30,37)(H2,31,32,33,34). The number of nitrogens with zero attached hydrogens (tertiary/aromatic N) is 3. The van der Waals surface area contributed by atoms with Crippen LogP contribution in [-0.2, 0) is 15.0 Å². The van der Waals surface area contributed by atoms with Gasteiger partial charge in [-0.15, -0.1) is 0 Å². The molecule has 1 aliphatic rings. The van der Waals surface area contributed by atoms with Crippen molar-refractivity contribution in [3.63, 3.8) is 0 Å². The van der Waals surface area contributed by atoms with Crippen LogP contribution in [0.2, 0.25) is 0 Å². The molecule has 5 rings (SSSR count). The molecule has 0 saturated heterocycles. The van der Waals surface area contributed by atoms with Crippen LogP contribution in [0.25, 0.3) is 22.4 Å². The van der Waals surface area contributed by atoms with E-state index < -0.39 is 5.41 Å². The Morgan fingerprint density at radius 1 is 0.974 bits per heavy atom. The highest BCUT2D eigenvalue weighted by molar-refractivity contribution is 6.01. The Balaban J connectivity index is 1.45. The molecule has 190 valence electrons. The monoisotopic (exact) mass is 506 g/mol. The van der Waals surface area contributed by atoms with Crippen molar-refractivity contribution in [1.82, 2.24) is 25.2 Å². The highest BCUT2D eigenvalue weighted by Gasteiger charge is 2.30. The SMILES string of the molecule is CC(=O)NCCNc1nc(-c2ccccc2)nc2[nH]c(C(=O)N3C=CC(C=O)(c4ccccc4)C=C3)cc12. The lowest BCUT2D eigenvalue weighted by Crippen LogP contribution is -2.30. The predicted molar refractivity (Wildman–Crippen MR) is 145 cm³/mol. The summed E-state index contributed by atoms with van der Waals surface area (Å²) in [4.78, 5) is 50.5. The average Bonchev–Trinajstić information content (AvgIpc) is 3.40. The smallest absolute Gasteiger partial charge is 0.278 e. The summed E-state index contributed by atoms with van der Waals surface area (Å²) >= 11 is 0. The topological polar surface area (TPSA) is 120 Å². The minimum atomic E-state index is -0.931. The lowest BCUT2D eigenvalue weighted by atomic mass is 9.81. The van der Waals surface area contributed by atoms with Gasteiger partial charge in [0, 0.05) is 38.0 Å². The lowest BCUT2D eigenvalue weighted by Gasteiger charge is -2.27. The van der Waals surface area contributed by atoms with Crippen molar-refractivity contribution in [3.05, 3.63) is 103 Å². The molecule has 4 aromatic rings. The molecule has 3 N–H and O–H groups in total. The zero-order valence-corrected chi connectivity index (χ0v) is 20.7. The van der Waals surface area contributed by atoms with Gasteiger partial charge in [0.25, 0.3) is 5.91 Å². The summed E-state index contributed by atoms with van der Waals surface area (Å²) in [6, 6.07) is 20.6. The van der Waals surface area contributed by atoms with Gasteiger partial charge in [0.1, 0.15) is 23.4 Å². The first-order valence-corrected chi connectivity index (χ1v) is 12.2. The number of carbonyl (C=O) groups is 3. The number of rotatable bonds is 8. The molecular formula is C29H26N6O3. The van der Waals surface area contributed by atoms with E-state index >= 15 is 0 Å². The lowest BCUT2D eigenvalue weighted by molar-refractivity contribution is -0.118. The number of carbonyl (C=O) groups excluding carboxylic acids is 3. The third-order valence-electron chi connectivity index (χ3n) is 6.27. The zero-order valence-electron chi connectivity index (χ0n) is 20.7. The number of fused-ring (bicyclic) bond motifs is 1. The van der Waals surface area contributed by atoms with Gasteiger partial charge in [-0.2, -0.15) is 0 Å². The van der Waals surface area contributed by atoms with Crippen LogP contribution in [-0.4, -0.2) is 51.0 Å². The second-order valence-corrected chi connectivity index (χ2v) is 8.88. The van der Waals surface area contributed by atoms with E-state index in [1.165, 1.54) is 11.8 Å². The largest absolute Gasteiger partial charge is 0.368 e. The van der Waals surface area contributed by atoms with Crippen LogP contribution < -0.4 is 10.6 Å². The van der Waals surface area contributed by atoms with Crippen molar-refractivity contribution in [2.75, 3.05) is 18.4 Å². The molecular weight excluding hydrogens is 480 g/mol. The average molecular weight is 507 g/mol. The molecule has 0 aliphatic carbocycles. The molecule has 9 heteroatoms. The number of hydrogen-bond donors (Lipinski definition) is 3. The molecule has 0 spiro atoms. The molecule has 9 nitrogen and oxygen atoms in total. The summed E-state index contributed by atoms with van der Waals surface area (Å²) in [5.41, 5.74) is 1.53. The number of H-pyrrole nitrogens is 1. The van der Waals surface area contributed by atoms with Gasteiger partial charge in [-0.05, 0) is 23.8 Å². The summed E-state index contributed by atoms with van der Waals surface area (Å²) in [5.74, 6) is 0.613. The van der Waals surface area contributed by atoms with Crippen LogP contribution in [0.4, 0.5) is 5.82 Å². The molecule has 0 radical (unpaired) electrons. The molecule has 0 fully saturated rings. The number of hydrogen-bond acceptors (Lipinski definition) is 6. The first kappa shape index (κ1) is 24.6. The Kier molecular flexibility index (Phi) is 6.82. The first-order valence-electron chi connectivity index (χ1n) is 12.2. The van der Waals surface area contributed by atoms with E-state index in [0.29, 0.717) is 41.5 Å². The highest BCUT2D eigenvalue weighted by atomic mass is 16.2. The Labute approximate surface area is 219 Å². The van der Waals surface area contributed by atoms with Crippen LogP contribution in [0.1, 0.15) is 23.0 Å². The molecule has 0 unspecified atom stereocenters. The van der Waals surface area contributed by atoms with Crippen LogP contribution >= 0.6 is 0 Å². The zero-order chi connectivity index (χ0) is 26.5. The predicted octanol–water partition coefficient (Wildman–Crippen LogP) is 3.79. The maximum Gasteiger partial charge on any atom is 0.278 e. The highest BCUT2D eigenvalue weighted by Crippen LogP contribution is 2.30. The molecule has 0 bridgehead atoms. The van der Waals surface area contributed by atoms with E-state index in [0.717, 1.165) is 17.4 Å². The minimum absolute atomic E-state index is 0.118. The second kappa shape index (κ2) is 10.5. The second-order valence-electron chi connectivity index (χ2n) is 8.88. The fourth-order valence-corrected chi connectivity index (χ4v) is 4.25. The van der Waals surface area contributed by atoms with Crippen LogP contribution in [0.15, 0.2) is 91.3 Å². The summed E-state index contributed by atoms with van der Waals surface area (Å²) < 4.78 is 0. The van der Waals surface area contributed by atoms with Gasteiger partial charge in [0.05, 0.1) is 10.8 Å². The number of amides is 2. The molecule has 38 heavy (non-hydrogen) atoms. The van der Waals surface area contributed by atoms with E-state index in [1.807, 2.05) is 60.7 Å². The molecule has 2 aromatic heterocycles. The van der Waals surface area contributed by atoms with Crippen molar-refractivity contribution in [2.45, 2.75) is 12.3 Å². The van der Waals surface area contributed by atoms with Crippen LogP contribution in [0.5, 0.6) is 0 Å². The molecule has 2 amide bonds. The number of aromatic amines is 1. The van der Waals surface area contributed by atoms with Crippen LogP contribution in [0, 0.1) is 0 Å². The van der Waals surface area contributed by atoms with Crippen LogP contribution in [0.3, 0.4) is 0 Å². The van der Waals surface area contributed by atoms with E-state index in [2.05, 4.69) is 20.6 Å². The molecule has 2 aromatic carbocycles. The number of aromatic nitrogens is 3. The first-order chi connectivity index (χ1) is 18.5. The summed E-state index contributed by atoms with van der Waals surface area (Å²) in [5, 5.41) is 6.64. The van der Waals surface area contributed by atoms with Gasteiger partial charge in [-0.1, -0.05) is 60.7 Å². The summed E-state index contributed by atoms with van der Waals surface area (Å²) in [7, 11) is 0. The van der Waals surface area contributed by atoms with E-state index in [-0.39, 0.29) is 11.8 Å². The number of nitrogens with one attached hydrogen (secondary N) is 3. The van der Waals surface area contributed by atoms with E-state index in [1.54, 1.807) is 30.6 Å². The number of allylic oxidation sites excluding steroid dienone is 2. The Morgan fingerprint density at radius 2 is 1.66 bits per heavy atom. The quantitative estimate of drug-likeness (QED) is 0.247. The number of anilines is 1. The normalized spacial score (nSPS) is 13.9. The van der Waals surface area contributed by atoms with E-state index in [9.17, 15) is 14.4 Å². The van der Waals surface area contributed by atoms with Gasteiger partial charge in [-0.25, -0.2) is 9.97 Å². The van der Waals surface area contributed by atoms with E-state index in [4.69, 9.17) is 4.98 Å². The van der Waals surface area contributed by atoms with Gasteiger partial charge in [-0.3, -0.25) is 14.5 Å². The number of benzene rings is 2. The molecule has 3 heterocycles. The number of aldehydes is 1. The van der Waals surface area contributed by atoms with Gasteiger partial charge >= 0.3 is 0 Å². The van der Waals surface area contributed by atoms with Gasteiger partial charge in [0.15, 0.2) is 5.82 Å². The summed E-state index contributed by atoms with van der Waals surface area (Å²) in [6.07, 6.45) is 7.47. The minimum Gasteiger partial charge on any atom is -0.368 e. The fourth-order valence-electron chi connectivity index (χ4n) is 4.25. The van der Waals surface area contributed by atoms with Crippen molar-refractivity contribution in [1.29, 1.82) is 0 Å². The van der Waals surface area contributed by atoms with Gasteiger partial charge in [0.2, 0.25) is 5.91 Å². The molecule has 0 atom stereocenters. The van der Waals surface area contributed by atoms with Crippen molar-refractivity contribution in [2.24, 2.45) is 0 Å².